The summed E-state index contributed by atoms with van der Waals surface area (Å²) in [4.78, 5) is 30.4. The summed E-state index contributed by atoms with van der Waals surface area (Å²) in [5.41, 5.74) is 2.12. The molecule has 0 spiro atoms. The standard InChI is InChI=1S/C28H36N6O4/c1-19-8-10-21(11-9-19)26-30-32-34(31-26)18-24(35)33(17-23-7-6-16-38-23)25(27(36)29-28(2,3)4)20-12-14-22(37-5)15-13-20/h8-15,23,25H,6-7,16-18H2,1-5H3,(H,29,36)/t23-,25-/m1/s1. The number of tetrazole rings is 1. The van der Waals surface area contributed by atoms with E-state index < -0.39 is 11.6 Å². The summed E-state index contributed by atoms with van der Waals surface area (Å²) in [6, 6.07) is 14.1. The smallest absolute Gasteiger partial charge is 0.247 e. The van der Waals surface area contributed by atoms with E-state index in [1.165, 1.54) is 4.80 Å². The van der Waals surface area contributed by atoms with Crippen molar-refractivity contribution < 1.29 is 19.1 Å². The van der Waals surface area contributed by atoms with Crippen molar-refractivity contribution in [1.29, 1.82) is 0 Å². The molecule has 1 aromatic heterocycles. The van der Waals surface area contributed by atoms with Crippen molar-refractivity contribution in [1.82, 2.24) is 30.4 Å². The molecule has 4 rings (SSSR count). The second-order valence-electron chi connectivity index (χ2n) is 10.6. The Morgan fingerprint density at radius 2 is 1.87 bits per heavy atom. The molecule has 10 heteroatoms. The zero-order valence-corrected chi connectivity index (χ0v) is 22.7. The van der Waals surface area contributed by atoms with Gasteiger partial charge in [-0.05, 0) is 63.4 Å². The monoisotopic (exact) mass is 520 g/mol. The number of aryl methyl sites for hydroxylation is 1. The minimum absolute atomic E-state index is 0.158. The van der Waals surface area contributed by atoms with Crippen LogP contribution in [0, 0.1) is 6.92 Å². The maximum atomic E-state index is 13.8. The average molecular weight is 521 g/mol. The molecular weight excluding hydrogens is 484 g/mol. The number of nitrogens with one attached hydrogen (secondary N) is 1. The Kier molecular flexibility index (Phi) is 8.41. The van der Waals surface area contributed by atoms with Crippen LogP contribution in [0.5, 0.6) is 5.75 Å². The molecule has 1 aliphatic heterocycles. The molecule has 2 aromatic carbocycles. The molecule has 1 fully saturated rings. The van der Waals surface area contributed by atoms with Crippen LogP contribution in [0.3, 0.4) is 0 Å². The highest BCUT2D eigenvalue weighted by Gasteiger charge is 2.36. The molecule has 0 saturated carbocycles. The summed E-state index contributed by atoms with van der Waals surface area (Å²) in [6.45, 7) is 8.48. The van der Waals surface area contributed by atoms with Gasteiger partial charge in [0.1, 0.15) is 18.3 Å². The van der Waals surface area contributed by atoms with Crippen LogP contribution in [0.25, 0.3) is 11.4 Å². The molecule has 1 saturated heterocycles. The largest absolute Gasteiger partial charge is 0.497 e. The lowest BCUT2D eigenvalue weighted by molar-refractivity contribution is -0.144. The third-order valence-corrected chi connectivity index (χ3v) is 6.27. The van der Waals surface area contributed by atoms with E-state index in [0.717, 1.165) is 24.0 Å². The van der Waals surface area contributed by atoms with Crippen molar-refractivity contribution in [3.05, 3.63) is 59.7 Å². The van der Waals surface area contributed by atoms with Gasteiger partial charge in [-0.25, -0.2) is 0 Å². The lowest BCUT2D eigenvalue weighted by Crippen LogP contribution is -2.51. The second kappa shape index (κ2) is 11.7. The Morgan fingerprint density at radius 1 is 1.16 bits per heavy atom. The number of aromatic nitrogens is 4. The van der Waals surface area contributed by atoms with Gasteiger partial charge in [0.2, 0.25) is 17.6 Å². The van der Waals surface area contributed by atoms with Gasteiger partial charge in [0, 0.05) is 24.3 Å². The zero-order valence-electron chi connectivity index (χ0n) is 22.7. The third kappa shape index (κ3) is 6.95. The number of amides is 2. The van der Waals surface area contributed by atoms with E-state index >= 15 is 0 Å². The van der Waals surface area contributed by atoms with Gasteiger partial charge < -0.3 is 19.7 Å². The fraction of sp³-hybridized carbons (Fsp3) is 0.464. The highest BCUT2D eigenvalue weighted by Crippen LogP contribution is 2.27. The third-order valence-electron chi connectivity index (χ3n) is 6.27. The van der Waals surface area contributed by atoms with Crippen LogP contribution in [0.4, 0.5) is 0 Å². The van der Waals surface area contributed by atoms with Crippen molar-refractivity contribution in [3.8, 4) is 17.1 Å². The predicted molar refractivity (Wildman–Crippen MR) is 142 cm³/mol. The highest BCUT2D eigenvalue weighted by atomic mass is 16.5. The first kappa shape index (κ1) is 27.3. The summed E-state index contributed by atoms with van der Waals surface area (Å²) in [7, 11) is 1.59. The number of benzene rings is 2. The van der Waals surface area contributed by atoms with Crippen molar-refractivity contribution >= 4 is 11.8 Å². The van der Waals surface area contributed by atoms with Crippen molar-refractivity contribution in [3.63, 3.8) is 0 Å². The van der Waals surface area contributed by atoms with Gasteiger partial charge in [-0.1, -0.05) is 42.0 Å². The quantitative estimate of drug-likeness (QED) is 0.461. The molecule has 2 amide bonds. The van der Waals surface area contributed by atoms with Crippen LogP contribution in [0.1, 0.15) is 50.8 Å². The lowest BCUT2D eigenvalue weighted by Gasteiger charge is -2.35. The molecule has 2 heterocycles. The summed E-state index contributed by atoms with van der Waals surface area (Å²) in [5.74, 6) is 0.510. The second-order valence-corrected chi connectivity index (χ2v) is 10.6. The van der Waals surface area contributed by atoms with Gasteiger partial charge in [0.15, 0.2) is 0 Å². The van der Waals surface area contributed by atoms with Crippen LogP contribution >= 0.6 is 0 Å². The maximum absolute atomic E-state index is 13.8. The fourth-order valence-corrected chi connectivity index (χ4v) is 4.40. The Labute approximate surface area is 223 Å². The predicted octanol–water partition coefficient (Wildman–Crippen LogP) is 3.32. The van der Waals surface area contributed by atoms with Crippen molar-refractivity contribution in [2.45, 2.75) is 64.8 Å². The lowest BCUT2D eigenvalue weighted by atomic mass is 10.0. The number of nitrogens with zero attached hydrogens (tertiary/aromatic N) is 5. The maximum Gasteiger partial charge on any atom is 0.247 e. The van der Waals surface area contributed by atoms with Crippen LogP contribution in [0.2, 0.25) is 0 Å². The first-order valence-electron chi connectivity index (χ1n) is 12.8. The Bertz CT molecular complexity index is 1230. The van der Waals surface area contributed by atoms with Gasteiger partial charge in [-0.3, -0.25) is 9.59 Å². The molecule has 2 atom stereocenters. The van der Waals surface area contributed by atoms with E-state index in [9.17, 15) is 9.59 Å². The number of ether oxygens (including phenoxy) is 2. The Hall–Kier alpha value is -3.79. The summed E-state index contributed by atoms with van der Waals surface area (Å²) < 4.78 is 11.2. The van der Waals surface area contributed by atoms with E-state index in [-0.39, 0.29) is 31.0 Å². The van der Waals surface area contributed by atoms with Gasteiger partial charge in [0.05, 0.1) is 13.2 Å². The minimum Gasteiger partial charge on any atom is -0.497 e. The number of hydrogen-bond donors (Lipinski definition) is 1. The molecule has 0 bridgehead atoms. The van der Waals surface area contributed by atoms with E-state index in [1.807, 2.05) is 64.1 Å². The van der Waals surface area contributed by atoms with Gasteiger partial charge in [-0.15, -0.1) is 10.2 Å². The van der Waals surface area contributed by atoms with Crippen LogP contribution in [0.15, 0.2) is 48.5 Å². The van der Waals surface area contributed by atoms with Gasteiger partial charge >= 0.3 is 0 Å². The van der Waals surface area contributed by atoms with E-state index in [4.69, 9.17) is 9.47 Å². The minimum atomic E-state index is -0.878. The molecule has 202 valence electrons. The van der Waals surface area contributed by atoms with Crippen LogP contribution in [-0.4, -0.2) is 68.8 Å². The van der Waals surface area contributed by atoms with E-state index in [2.05, 4.69) is 20.7 Å². The number of methoxy groups -OCH3 is 1. The zero-order chi connectivity index (χ0) is 27.3. The molecule has 38 heavy (non-hydrogen) atoms. The van der Waals surface area contributed by atoms with Crippen LogP contribution in [-0.2, 0) is 20.9 Å². The topological polar surface area (TPSA) is 111 Å². The molecule has 0 radical (unpaired) electrons. The van der Waals surface area contributed by atoms with Gasteiger partial charge in [-0.2, -0.15) is 4.80 Å². The van der Waals surface area contributed by atoms with E-state index in [1.54, 1.807) is 24.1 Å². The van der Waals surface area contributed by atoms with Crippen molar-refractivity contribution in [2.75, 3.05) is 20.3 Å². The average Bonchev–Trinajstić information content (AvgIpc) is 3.56. The first-order chi connectivity index (χ1) is 18.1. The summed E-state index contributed by atoms with van der Waals surface area (Å²) in [5, 5.41) is 15.7. The molecule has 1 N–H and O–H groups in total. The highest BCUT2D eigenvalue weighted by molar-refractivity contribution is 5.89. The Balaban J connectivity index is 1.64. The van der Waals surface area contributed by atoms with E-state index in [0.29, 0.717) is 23.7 Å². The number of carbonyl (C=O) groups excluding carboxylic acids is 2. The van der Waals surface area contributed by atoms with Crippen LogP contribution < -0.4 is 10.1 Å². The summed E-state index contributed by atoms with van der Waals surface area (Å²) in [6.07, 6.45) is 1.58. The molecular formula is C28H36N6O4. The van der Waals surface area contributed by atoms with Gasteiger partial charge in [0.25, 0.3) is 0 Å². The number of carbonyl (C=O) groups is 2. The molecule has 1 aliphatic rings. The number of hydrogen-bond acceptors (Lipinski definition) is 7. The molecule has 10 nitrogen and oxygen atoms in total. The molecule has 0 unspecified atom stereocenters. The normalized spacial score (nSPS) is 16.2. The number of rotatable bonds is 9. The SMILES string of the molecule is COc1ccc([C@H](C(=O)NC(C)(C)C)N(C[C@H]2CCCO2)C(=O)Cn2nnc(-c3ccc(C)cc3)n2)cc1. The molecule has 0 aliphatic carbocycles. The van der Waals surface area contributed by atoms with Crippen molar-refractivity contribution in [2.24, 2.45) is 0 Å². The summed E-state index contributed by atoms with van der Waals surface area (Å²) >= 11 is 0. The first-order valence-corrected chi connectivity index (χ1v) is 12.8. The Morgan fingerprint density at radius 3 is 2.47 bits per heavy atom. The fourth-order valence-electron chi connectivity index (χ4n) is 4.40. The molecule has 3 aromatic rings.